The molecule has 4 heteroatoms. The topological polar surface area (TPSA) is 41.6 Å². The lowest BCUT2D eigenvalue weighted by molar-refractivity contribution is -0.142. The molecule has 0 bridgehead atoms. The predicted octanol–water partition coefficient (Wildman–Crippen LogP) is 0.479. The van der Waals surface area contributed by atoms with Crippen LogP contribution in [0.15, 0.2) is 0 Å². The Hall–Kier alpha value is -0.610. The molecular formula is C10H22N2O2. The number of likely N-dealkylation sites (N-methyl/N-ethyl adjacent to an activating group) is 1. The van der Waals surface area contributed by atoms with E-state index in [2.05, 4.69) is 24.1 Å². The maximum atomic E-state index is 11.0. The van der Waals surface area contributed by atoms with Crippen molar-refractivity contribution in [2.75, 3.05) is 33.8 Å². The van der Waals surface area contributed by atoms with Gasteiger partial charge in [-0.2, -0.15) is 0 Å². The van der Waals surface area contributed by atoms with Crippen LogP contribution in [0.2, 0.25) is 0 Å². The molecule has 0 aliphatic carbocycles. The van der Waals surface area contributed by atoms with Gasteiger partial charge < -0.3 is 15.0 Å². The average molecular weight is 202 g/mol. The summed E-state index contributed by atoms with van der Waals surface area (Å²) >= 11 is 0. The molecule has 0 aliphatic heterocycles. The molecule has 0 aliphatic rings. The van der Waals surface area contributed by atoms with Gasteiger partial charge in [0.15, 0.2) is 0 Å². The van der Waals surface area contributed by atoms with Crippen LogP contribution in [-0.4, -0.2) is 50.2 Å². The molecule has 0 aromatic carbocycles. The zero-order chi connectivity index (χ0) is 11.2. The maximum absolute atomic E-state index is 11.0. The smallest absolute Gasteiger partial charge is 0.319 e. The van der Waals surface area contributed by atoms with Crippen molar-refractivity contribution in [3.8, 4) is 0 Å². The number of ether oxygens (including phenoxy) is 1. The Bertz CT molecular complexity index is 179. The molecule has 0 spiro atoms. The van der Waals surface area contributed by atoms with Crippen LogP contribution in [-0.2, 0) is 9.53 Å². The number of carbonyl (C=O) groups excluding carboxylic acids is 1. The Morgan fingerprint density at radius 1 is 1.43 bits per heavy atom. The third-order valence-corrected chi connectivity index (χ3v) is 2.34. The minimum Gasteiger partial charge on any atom is -0.465 e. The van der Waals surface area contributed by atoms with Gasteiger partial charge in [0.25, 0.3) is 0 Å². The monoisotopic (exact) mass is 202 g/mol. The molecule has 0 amide bonds. The molecule has 0 rings (SSSR count). The fraction of sp³-hybridized carbons (Fsp3) is 0.900. The number of carbonyl (C=O) groups is 1. The molecule has 0 saturated carbocycles. The largest absolute Gasteiger partial charge is 0.465 e. The fourth-order valence-electron chi connectivity index (χ4n) is 0.841. The Kier molecular flexibility index (Phi) is 5.72. The summed E-state index contributed by atoms with van der Waals surface area (Å²) in [7, 11) is 4.04. The summed E-state index contributed by atoms with van der Waals surface area (Å²) in [5.74, 6) is -0.193. The first-order valence-electron chi connectivity index (χ1n) is 4.94. The first-order chi connectivity index (χ1) is 6.40. The van der Waals surface area contributed by atoms with Gasteiger partial charge in [-0.1, -0.05) is 0 Å². The second kappa shape index (κ2) is 5.98. The van der Waals surface area contributed by atoms with Crippen LogP contribution in [0.4, 0.5) is 0 Å². The van der Waals surface area contributed by atoms with E-state index in [0.29, 0.717) is 6.61 Å². The molecule has 84 valence electrons. The summed E-state index contributed by atoms with van der Waals surface area (Å²) in [6.45, 7) is 7.53. The molecular weight excluding hydrogens is 180 g/mol. The van der Waals surface area contributed by atoms with Crippen LogP contribution in [0, 0.1) is 0 Å². The molecule has 0 saturated heterocycles. The van der Waals surface area contributed by atoms with Gasteiger partial charge in [0.2, 0.25) is 0 Å². The number of rotatable bonds is 6. The van der Waals surface area contributed by atoms with Crippen molar-refractivity contribution in [3.63, 3.8) is 0 Å². The van der Waals surface area contributed by atoms with Crippen molar-refractivity contribution < 1.29 is 9.53 Å². The van der Waals surface area contributed by atoms with Crippen LogP contribution < -0.4 is 5.32 Å². The second-order valence-electron chi connectivity index (χ2n) is 4.12. The van der Waals surface area contributed by atoms with E-state index in [4.69, 9.17) is 4.74 Å². The SMILES string of the molecule is CCOC(=O)CNCC(C)(C)N(C)C. The Balaban J connectivity index is 3.68. The van der Waals surface area contributed by atoms with E-state index in [0.717, 1.165) is 6.54 Å². The molecule has 0 fully saturated rings. The van der Waals surface area contributed by atoms with Gasteiger partial charge in [-0.15, -0.1) is 0 Å². The molecule has 0 unspecified atom stereocenters. The number of nitrogens with zero attached hydrogens (tertiary/aromatic N) is 1. The maximum Gasteiger partial charge on any atom is 0.319 e. The third-order valence-electron chi connectivity index (χ3n) is 2.34. The number of esters is 1. The third kappa shape index (κ3) is 5.19. The Morgan fingerprint density at radius 3 is 2.43 bits per heavy atom. The molecule has 4 nitrogen and oxygen atoms in total. The lowest BCUT2D eigenvalue weighted by Gasteiger charge is -2.32. The number of hydrogen-bond donors (Lipinski definition) is 1. The van der Waals surface area contributed by atoms with E-state index in [1.54, 1.807) is 0 Å². The van der Waals surface area contributed by atoms with Crippen LogP contribution in [0.5, 0.6) is 0 Å². The predicted molar refractivity (Wildman–Crippen MR) is 57.3 cm³/mol. The summed E-state index contributed by atoms with van der Waals surface area (Å²) < 4.78 is 4.80. The van der Waals surface area contributed by atoms with Crippen LogP contribution in [0.3, 0.4) is 0 Å². The van der Waals surface area contributed by atoms with Crippen LogP contribution >= 0.6 is 0 Å². The number of nitrogens with one attached hydrogen (secondary N) is 1. The summed E-state index contributed by atoms with van der Waals surface area (Å²) in [5, 5.41) is 3.08. The lowest BCUT2D eigenvalue weighted by atomic mass is 10.0. The van der Waals surface area contributed by atoms with E-state index >= 15 is 0 Å². The quantitative estimate of drug-likeness (QED) is 0.636. The van der Waals surface area contributed by atoms with Gasteiger partial charge in [-0.3, -0.25) is 4.79 Å². The van der Waals surface area contributed by atoms with Crippen molar-refractivity contribution in [3.05, 3.63) is 0 Å². The van der Waals surface area contributed by atoms with E-state index in [1.807, 2.05) is 21.0 Å². The normalized spacial score (nSPS) is 11.9. The van der Waals surface area contributed by atoms with Crippen LogP contribution in [0.1, 0.15) is 20.8 Å². The van der Waals surface area contributed by atoms with Crippen molar-refractivity contribution in [2.45, 2.75) is 26.3 Å². The Morgan fingerprint density at radius 2 is 2.00 bits per heavy atom. The highest BCUT2D eigenvalue weighted by atomic mass is 16.5. The fourth-order valence-corrected chi connectivity index (χ4v) is 0.841. The standard InChI is InChI=1S/C10H22N2O2/c1-6-14-9(13)7-11-8-10(2,3)12(4)5/h11H,6-8H2,1-5H3. The van der Waals surface area contributed by atoms with Gasteiger partial charge >= 0.3 is 5.97 Å². The van der Waals surface area contributed by atoms with E-state index in [9.17, 15) is 4.79 Å². The first kappa shape index (κ1) is 13.4. The van der Waals surface area contributed by atoms with Gasteiger partial charge in [-0.05, 0) is 34.9 Å². The van der Waals surface area contributed by atoms with E-state index in [1.165, 1.54) is 0 Å². The highest BCUT2D eigenvalue weighted by Crippen LogP contribution is 2.07. The Labute approximate surface area is 86.6 Å². The summed E-state index contributed by atoms with van der Waals surface area (Å²) in [4.78, 5) is 13.1. The zero-order valence-electron chi connectivity index (χ0n) is 9.89. The molecule has 0 radical (unpaired) electrons. The molecule has 0 heterocycles. The second-order valence-corrected chi connectivity index (χ2v) is 4.12. The first-order valence-corrected chi connectivity index (χ1v) is 4.94. The van der Waals surface area contributed by atoms with Crippen LogP contribution in [0.25, 0.3) is 0 Å². The van der Waals surface area contributed by atoms with Crippen molar-refractivity contribution >= 4 is 5.97 Å². The van der Waals surface area contributed by atoms with E-state index < -0.39 is 0 Å². The summed E-state index contributed by atoms with van der Waals surface area (Å²) in [6, 6.07) is 0. The molecule has 1 N–H and O–H groups in total. The van der Waals surface area contributed by atoms with Gasteiger partial charge in [0.1, 0.15) is 0 Å². The minimum atomic E-state index is -0.193. The average Bonchev–Trinajstić information content (AvgIpc) is 2.04. The molecule has 14 heavy (non-hydrogen) atoms. The highest BCUT2D eigenvalue weighted by molar-refractivity contribution is 5.71. The van der Waals surface area contributed by atoms with Gasteiger partial charge in [-0.25, -0.2) is 0 Å². The van der Waals surface area contributed by atoms with Crippen molar-refractivity contribution in [2.24, 2.45) is 0 Å². The zero-order valence-corrected chi connectivity index (χ0v) is 9.89. The highest BCUT2D eigenvalue weighted by Gasteiger charge is 2.19. The molecule has 0 atom stereocenters. The minimum absolute atomic E-state index is 0.0481. The molecule has 0 aromatic heterocycles. The number of hydrogen-bond acceptors (Lipinski definition) is 4. The summed E-state index contributed by atoms with van der Waals surface area (Å²) in [5.41, 5.74) is 0.0481. The van der Waals surface area contributed by atoms with Gasteiger partial charge in [0.05, 0.1) is 13.2 Å². The molecule has 0 aromatic rings. The summed E-state index contributed by atoms with van der Waals surface area (Å²) in [6.07, 6.45) is 0. The van der Waals surface area contributed by atoms with Crippen molar-refractivity contribution in [1.82, 2.24) is 10.2 Å². The lowest BCUT2D eigenvalue weighted by Crippen LogP contribution is -2.47. The van der Waals surface area contributed by atoms with Crippen molar-refractivity contribution in [1.29, 1.82) is 0 Å². The van der Waals surface area contributed by atoms with Gasteiger partial charge in [0, 0.05) is 12.1 Å². The van der Waals surface area contributed by atoms with E-state index in [-0.39, 0.29) is 18.1 Å².